The van der Waals surface area contributed by atoms with Gasteiger partial charge in [-0.1, -0.05) is 6.07 Å². The summed E-state index contributed by atoms with van der Waals surface area (Å²) >= 11 is 3.32. The van der Waals surface area contributed by atoms with Crippen LogP contribution in [0.15, 0.2) is 41.0 Å². The van der Waals surface area contributed by atoms with E-state index < -0.39 is 11.7 Å². The largest absolute Gasteiger partial charge is 0.416 e. The monoisotopic (exact) mass is 330 g/mol. The van der Waals surface area contributed by atoms with E-state index in [1.54, 1.807) is 12.3 Å². The summed E-state index contributed by atoms with van der Waals surface area (Å²) in [6, 6.07) is 6.83. The van der Waals surface area contributed by atoms with E-state index in [0.717, 1.165) is 17.7 Å². The molecule has 2 rings (SSSR count). The number of nitrogens with one attached hydrogen (secondary N) is 1. The van der Waals surface area contributed by atoms with Gasteiger partial charge in [-0.3, -0.25) is 0 Å². The number of anilines is 2. The molecule has 0 aliphatic carbocycles. The van der Waals surface area contributed by atoms with Crippen molar-refractivity contribution in [3.8, 4) is 0 Å². The highest BCUT2D eigenvalue weighted by atomic mass is 79.9. The molecule has 0 aliphatic rings. The highest BCUT2D eigenvalue weighted by Crippen LogP contribution is 2.32. The highest BCUT2D eigenvalue weighted by molar-refractivity contribution is 9.10. The molecule has 0 atom stereocenters. The molecule has 0 amide bonds. The lowest BCUT2D eigenvalue weighted by Crippen LogP contribution is -2.05. The third-order valence-corrected chi connectivity index (χ3v) is 3.04. The van der Waals surface area contributed by atoms with Crippen molar-refractivity contribution in [1.82, 2.24) is 4.98 Å². The number of hydrogen-bond donors (Lipinski definition) is 1. The molecule has 0 unspecified atom stereocenters. The maximum Gasteiger partial charge on any atom is 0.416 e. The predicted molar refractivity (Wildman–Crippen MR) is 71.4 cm³/mol. The molecule has 2 aromatic rings. The van der Waals surface area contributed by atoms with Crippen LogP contribution in [-0.4, -0.2) is 4.98 Å². The van der Waals surface area contributed by atoms with E-state index in [2.05, 4.69) is 26.2 Å². The van der Waals surface area contributed by atoms with Gasteiger partial charge in [-0.05, 0) is 52.7 Å². The van der Waals surface area contributed by atoms with Gasteiger partial charge in [0.25, 0.3) is 0 Å². The van der Waals surface area contributed by atoms with E-state index in [9.17, 15) is 13.2 Å². The Morgan fingerprint density at radius 2 is 1.95 bits per heavy atom. The van der Waals surface area contributed by atoms with Gasteiger partial charge >= 0.3 is 6.18 Å². The fourth-order valence-electron chi connectivity index (χ4n) is 1.54. The van der Waals surface area contributed by atoms with E-state index in [0.29, 0.717) is 16.0 Å². The fourth-order valence-corrected chi connectivity index (χ4v) is 2.10. The molecule has 1 heterocycles. The minimum absolute atomic E-state index is 0.340. The predicted octanol–water partition coefficient (Wildman–Crippen LogP) is 4.91. The Morgan fingerprint density at radius 3 is 2.58 bits per heavy atom. The fraction of sp³-hybridized carbons (Fsp3) is 0.154. The molecule has 1 aromatic heterocycles. The quantitative estimate of drug-likeness (QED) is 0.845. The van der Waals surface area contributed by atoms with Crippen molar-refractivity contribution < 1.29 is 13.2 Å². The minimum atomic E-state index is -4.35. The zero-order valence-electron chi connectivity index (χ0n) is 9.92. The standard InChI is InChI=1S/C13H10BrF3N2/c1-8-5-11(14)12(18-7-8)19-10-4-2-3-9(6-10)13(15,16)17/h2-7H,1H3,(H,18,19). The molecule has 2 nitrogen and oxygen atoms in total. The molecule has 1 aromatic carbocycles. The van der Waals surface area contributed by atoms with Gasteiger partial charge in [0.15, 0.2) is 0 Å². The summed E-state index contributed by atoms with van der Waals surface area (Å²) in [6.45, 7) is 1.88. The Balaban J connectivity index is 2.29. The van der Waals surface area contributed by atoms with Crippen molar-refractivity contribution in [2.75, 3.05) is 5.32 Å². The SMILES string of the molecule is Cc1cnc(Nc2cccc(C(F)(F)F)c2)c(Br)c1. The number of nitrogens with zero attached hydrogens (tertiary/aromatic N) is 1. The first-order valence-electron chi connectivity index (χ1n) is 5.43. The van der Waals surface area contributed by atoms with E-state index in [-0.39, 0.29) is 0 Å². The lowest BCUT2D eigenvalue weighted by atomic mass is 10.2. The van der Waals surface area contributed by atoms with Gasteiger partial charge in [-0.15, -0.1) is 0 Å². The number of halogens is 4. The van der Waals surface area contributed by atoms with Gasteiger partial charge < -0.3 is 5.32 Å². The third kappa shape index (κ3) is 3.47. The van der Waals surface area contributed by atoms with Gasteiger partial charge in [0.2, 0.25) is 0 Å². The van der Waals surface area contributed by atoms with Gasteiger partial charge in [0, 0.05) is 11.9 Å². The normalized spacial score (nSPS) is 11.4. The van der Waals surface area contributed by atoms with Crippen LogP contribution in [0.2, 0.25) is 0 Å². The van der Waals surface area contributed by atoms with E-state index >= 15 is 0 Å². The zero-order chi connectivity index (χ0) is 14.0. The summed E-state index contributed by atoms with van der Waals surface area (Å²) in [6.07, 6.45) is -2.71. The molecule has 0 bridgehead atoms. The maximum absolute atomic E-state index is 12.6. The first-order chi connectivity index (χ1) is 8.86. The van der Waals surface area contributed by atoms with Crippen molar-refractivity contribution in [3.63, 3.8) is 0 Å². The summed E-state index contributed by atoms with van der Waals surface area (Å²) in [5.74, 6) is 0.477. The molecule has 100 valence electrons. The molecule has 19 heavy (non-hydrogen) atoms. The number of hydrogen-bond acceptors (Lipinski definition) is 2. The number of benzene rings is 1. The van der Waals surface area contributed by atoms with Gasteiger partial charge in [-0.2, -0.15) is 13.2 Å². The number of rotatable bonds is 2. The van der Waals surface area contributed by atoms with Gasteiger partial charge in [0.05, 0.1) is 10.0 Å². The summed E-state index contributed by atoms with van der Waals surface area (Å²) in [5.41, 5.74) is 0.606. The Hall–Kier alpha value is -1.56. The first kappa shape index (κ1) is 13.9. The Morgan fingerprint density at radius 1 is 1.21 bits per heavy atom. The first-order valence-corrected chi connectivity index (χ1v) is 6.22. The second kappa shape index (κ2) is 5.21. The molecule has 0 saturated heterocycles. The maximum atomic E-state index is 12.6. The Bertz CT molecular complexity index is 597. The van der Waals surface area contributed by atoms with Crippen LogP contribution in [0, 0.1) is 6.92 Å². The Kier molecular flexibility index (Phi) is 3.80. The van der Waals surface area contributed by atoms with Crippen LogP contribution in [0.1, 0.15) is 11.1 Å². The minimum Gasteiger partial charge on any atom is -0.339 e. The molecule has 0 fully saturated rings. The average molecular weight is 331 g/mol. The number of aryl methyl sites for hydroxylation is 1. The van der Waals surface area contributed by atoms with E-state index in [1.165, 1.54) is 6.07 Å². The zero-order valence-corrected chi connectivity index (χ0v) is 11.5. The molecule has 6 heteroatoms. The van der Waals surface area contributed by atoms with Crippen molar-refractivity contribution in [2.45, 2.75) is 13.1 Å². The molecular weight excluding hydrogens is 321 g/mol. The smallest absolute Gasteiger partial charge is 0.339 e. The average Bonchev–Trinajstić information content (AvgIpc) is 2.32. The molecule has 0 spiro atoms. The number of alkyl halides is 3. The summed E-state index contributed by atoms with van der Waals surface area (Å²) in [5, 5.41) is 2.85. The van der Waals surface area contributed by atoms with Gasteiger partial charge in [-0.25, -0.2) is 4.98 Å². The molecule has 0 aliphatic heterocycles. The number of pyridine rings is 1. The third-order valence-electron chi connectivity index (χ3n) is 2.43. The van der Waals surface area contributed by atoms with Crippen LogP contribution in [0.25, 0.3) is 0 Å². The second-order valence-corrected chi connectivity index (χ2v) is 4.90. The lowest BCUT2D eigenvalue weighted by molar-refractivity contribution is -0.137. The summed E-state index contributed by atoms with van der Waals surface area (Å²) in [7, 11) is 0. The topological polar surface area (TPSA) is 24.9 Å². The molecular formula is C13H10BrF3N2. The van der Waals surface area contributed by atoms with Crippen molar-refractivity contribution in [3.05, 3.63) is 52.1 Å². The van der Waals surface area contributed by atoms with Crippen molar-refractivity contribution in [2.24, 2.45) is 0 Å². The Labute approximate surface area is 116 Å². The van der Waals surface area contributed by atoms with Crippen LogP contribution < -0.4 is 5.32 Å². The van der Waals surface area contributed by atoms with Gasteiger partial charge in [0.1, 0.15) is 5.82 Å². The highest BCUT2D eigenvalue weighted by Gasteiger charge is 2.30. The van der Waals surface area contributed by atoms with Crippen molar-refractivity contribution in [1.29, 1.82) is 0 Å². The van der Waals surface area contributed by atoms with Crippen molar-refractivity contribution >= 4 is 27.4 Å². The van der Waals surface area contributed by atoms with Crippen LogP contribution in [0.4, 0.5) is 24.7 Å². The van der Waals surface area contributed by atoms with E-state index in [4.69, 9.17) is 0 Å². The van der Waals surface area contributed by atoms with Crippen LogP contribution >= 0.6 is 15.9 Å². The van der Waals surface area contributed by atoms with Crippen LogP contribution in [0.5, 0.6) is 0 Å². The van der Waals surface area contributed by atoms with Crippen LogP contribution in [-0.2, 0) is 6.18 Å². The summed E-state index contributed by atoms with van der Waals surface area (Å²) < 4.78 is 38.5. The molecule has 0 radical (unpaired) electrons. The lowest BCUT2D eigenvalue weighted by Gasteiger charge is -2.11. The van der Waals surface area contributed by atoms with Crippen LogP contribution in [0.3, 0.4) is 0 Å². The summed E-state index contributed by atoms with van der Waals surface area (Å²) in [4.78, 5) is 4.13. The molecule has 1 N–H and O–H groups in total. The second-order valence-electron chi connectivity index (χ2n) is 4.05. The van der Waals surface area contributed by atoms with E-state index in [1.807, 2.05) is 13.0 Å². The number of aromatic nitrogens is 1. The molecule has 0 saturated carbocycles.